The minimum absolute atomic E-state index is 0.0888. The molecular formula is C29H29N7O3. The third-order valence-corrected chi connectivity index (χ3v) is 6.91. The smallest absolute Gasteiger partial charge is 0.257 e. The van der Waals surface area contributed by atoms with E-state index in [9.17, 15) is 14.4 Å². The molecule has 4 aromatic rings. The molecule has 0 atom stereocenters. The van der Waals surface area contributed by atoms with Crippen LogP contribution in [0.4, 0.5) is 0 Å². The molecule has 1 aliphatic rings. The highest BCUT2D eigenvalue weighted by atomic mass is 16.2. The van der Waals surface area contributed by atoms with E-state index in [0.717, 1.165) is 35.1 Å². The molecule has 0 spiro atoms. The largest absolute Gasteiger partial charge is 0.345 e. The number of allylic oxidation sites excluding steroid dienone is 1. The zero-order valence-electron chi connectivity index (χ0n) is 22.4. The van der Waals surface area contributed by atoms with Crippen LogP contribution in [0, 0.1) is 0 Å². The number of hydrogen-bond acceptors (Lipinski definition) is 7. The molecule has 1 N–H and O–H groups in total. The number of ketones is 2. The zero-order chi connectivity index (χ0) is 27.7. The van der Waals surface area contributed by atoms with Gasteiger partial charge in [0.05, 0.1) is 5.57 Å². The number of nitrogens with zero attached hydrogens (tertiary/aromatic N) is 6. The quantitative estimate of drug-likeness (QED) is 0.347. The molecule has 0 radical (unpaired) electrons. The first-order chi connectivity index (χ1) is 18.8. The van der Waals surface area contributed by atoms with Gasteiger partial charge in [0.25, 0.3) is 5.91 Å². The number of tetrazole rings is 1. The molecule has 10 nitrogen and oxygen atoms in total. The first kappa shape index (κ1) is 25.9. The van der Waals surface area contributed by atoms with Crippen molar-refractivity contribution in [3.05, 3.63) is 82.5 Å². The number of unbranched alkanes of at least 4 members (excludes halogenated alkanes) is 1. The van der Waals surface area contributed by atoms with Crippen LogP contribution in [-0.4, -0.2) is 66.6 Å². The van der Waals surface area contributed by atoms with Crippen molar-refractivity contribution in [3.8, 4) is 22.5 Å². The van der Waals surface area contributed by atoms with Gasteiger partial charge in [0.15, 0.2) is 0 Å². The Morgan fingerprint density at radius 2 is 1.72 bits per heavy atom. The Labute approximate surface area is 225 Å². The topological polar surface area (TPSA) is 127 Å². The summed E-state index contributed by atoms with van der Waals surface area (Å²) in [4.78, 5) is 45.7. The summed E-state index contributed by atoms with van der Waals surface area (Å²) in [6.45, 7) is 3.94. The molecule has 2 heterocycles. The van der Waals surface area contributed by atoms with Crippen molar-refractivity contribution in [1.29, 1.82) is 0 Å². The molecule has 10 heteroatoms. The van der Waals surface area contributed by atoms with Crippen LogP contribution >= 0.6 is 0 Å². The molecule has 2 aromatic carbocycles. The van der Waals surface area contributed by atoms with Crippen molar-refractivity contribution in [2.45, 2.75) is 39.7 Å². The van der Waals surface area contributed by atoms with Gasteiger partial charge in [-0.2, -0.15) is 5.21 Å². The number of fused-ring (bicyclic) bond motifs is 1. The highest BCUT2D eigenvalue weighted by Crippen LogP contribution is 2.31. The molecule has 39 heavy (non-hydrogen) atoms. The van der Waals surface area contributed by atoms with Crippen molar-refractivity contribution in [2.75, 3.05) is 14.1 Å². The van der Waals surface area contributed by atoms with Gasteiger partial charge >= 0.3 is 0 Å². The molecule has 0 unspecified atom stereocenters. The Bertz CT molecular complexity index is 1600. The van der Waals surface area contributed by atoms with Crippen LogP contribution < -0.4 is 0 Å². The minimum atomic E-state index is -0.482. The van der Waals surface area contributed by atoms with Crippen molar-refractivity contribution >= 4 is 17.5 Å². The highest BCUT2D eigenvalue weighted by Gasteiger charge is 2.39. The molecule has 0 bridgehead atoms. The number of aromatic nitrogens is 6. The van der Waals surface area contributed by atoms with E-state index in [1.165, 1.54) is 11.8 Å². The van der Waals surface area contributed by atoms with Gasteiger partial charge < -0.3 is 9.47 Å². The van der Waals surface area contributed by atoms with Gasteiger partial charge in [-0.25, -0.2) is 4.98 Å². The SMILES string of the molecule is CCCCc1nc2c(n1Cc1ccc(-c3ccccc3-c3nn[nH]n3)cc1)C(=O)C(C(=O)N(C)C)=C(C)C2=O. The van der Waals surface area contributed by atoms with E-state index in [-0.39, 0.29) is 28.3 Å². The van der Waals surface area contributed by atoms with E-state index in [1.807, 2.05) is 53.1 Å². The predicted octanol–water partition coefficient (Wildman–Crippen LogP) is 3.90. The van der Waals surface area contributed by atoms with E-state index < -0.39 is 11.7 Å². The predicted molar refractivity (Wildman–Crippen MR) is 145 cm³/mol. The van der Waals surface area contributed by atoms with Crippen LogP contribution in [0.1, 0.15) is 59.1 Å². The van der Waals surface area contributed by atoms with Gasteiger partial charge in [-0.3, -0.25) is 14.4 Å². The number of rotatable bonds is 8. The van der Waals surface area contributed by atoms with Crippen LogP contribution in [0.15, 0.2) is 59.7 Å². The number of carbonyl (C=O) groups excluding carboxylic acids is 3. The summed E-state index contributed by atoms with van der Waals surface area (Å²) >= 11 is 0. The van der Waals surface area contributed by atoms with E-state index in [1.54, 1.807) is 14.1 Å². The number of aryl methyl sites for hydroxylation is 1. The lowest BCUT2D eigenvalue weighted by atomic mass is 9.90. The number of H-pyrrole nitrogens is 1. The standard InChI is InChI=1S/C29H29N7O3/c1-5-6-11-22-30-24-25(27(38)23(17(2)26(24)37)29(39)35(3)4)36(22)16-18-12-14-19(15-13-18)20-9-7-8-10-21(20)28-31-33-34-32-28/h7-10,12-15H,5-6,11,16H2,1-4H3,(H,31,32,33,34). The first-order valence-electron chi connectivity index (χ1n) is 12.8. The Hall–Kier alpha value is -4.73. The highest BCUT2D eigenvalue weighted by molar-refractivity contribution is 6.35. The summed E-state index contributed by atoms with van der Waals surface area (Å²) in [5.74, 6) is -0.137. The fraction of sp³-hybridized carbons (Fsp3) is 0.276. The monoisotopic (exact) mass is 523 g/mol. The molecular weight excluding hydrogens is 494 g/mol. The average molecular weight is 524 g/mol. The van der Waals surface area contributed by atoms with Gasteiger partial charge in [-0.05, 0) is 35.2 Å². The van der Waals surface area contributed by atoms with Crippen LogP contribution in [0.25, 0.3) is 22.5 Å². The Kier molecular flexibility index (Phi) is 7.02. The van der Waals surface area contributed by atoms with Crippen molar-refractivity contribution in [1.82, 2.24) is 35.1 Å². The molecule has 2 aromatic heterocycles. The van der Waals surface area contributed by atoms with Gasteiger partial charge in [0, 0.05) is 38.2 Å². The van der Waals surface area contributed by atoms with Crippen LogP contribution in [0.5, 0.6) is 0 Å². The number of nitrogens with one attached hydrogen (secondary N) is 1. The molecule has 1 amide bonds. The maximum Gasteiger partial charge on any atom is 0.257 e. The second kappa shape index (κ2) is 10.6. The summed E-state index contributed by atoms with van der Waals surface area (Å²) in [5.41, 5.74) is 4.09. The normalized spacial score (nSPS) is 13.1. The Morgan fingerprint density at radius 1 is 1.00 bits per heavy atom. The minimum Gasteiger partial charge on any atom is -0.345 e. The Morgan fingerprint density at radius 3 is 2.36 bits per heavy atom. The van der Waals surface area contributed by atoms with Crippen LogP contribution in [-0.2, 0) is 17.8 Å². The number of likely N-dealkylation sites (N-methyl/N-ethyl adjacent to an activating group) is 1. The second-order valence-corrected chi connectivity index (χ2v) is 9.75. The summed E-state index contributed by atoms with van der Waals surface area (Å²) < 4.78 is 1.81. The molecule has 0 fully saturated rings. The number of carbonyl (C=O) groups is 3. The van der Waals surface area contributed by atoms with Crippen LogP contribution in [0.3, 0.4) is 0 Å². The van der Waals surface area contributed by atoms with Crippen molar-refractivity contribution in [3.63, 3.8) is 0 Å². The molecule has 0 saturated heterocycles. The summed E-state index contributed by atoms with van der Waals surface area (Å²) in [6.07, 6.45) is 2.42. The number of benzene rings is 2. The number of hydrogen-bond donors (Lipinski definition) is 1. The molecule has 198 valence electrons. The fourth-order valence-electron chi connectivity index (χ4n) is 4.82. The molecule has 5 rings (SSSR count). The zero-order valence-corrected chi connectivity index (χ0v) is 22.4. The maximum atomic E-state index is 13.7. The lowest BCUT2D eigenvalue weighted by Crippen LogP contribution is -2.34. The average Bonchev–Trinajstić information content (AvgIpc) is 3.60. The number of Topliss-reactive ketones (excluding diaryl/α,β-unsaturated/α-hetero) is 2. The van der Waals surface area contributed by atoms with Gasteiger partial charge in [-0.1, -0.05) is 61.9 Å². The summed E-state index contributed by atoms with van der Waals surface area (Å²) in [5, 5.41) is 14.4. The Balaban J connectivity index is 1.53. The maximum absolute atomic E-state index is 13.7. The van der Waals surface area contributed by atoms with E-state index >= 15 is 0 Å². The lowest BCUT2D eigenvalue weighted by molar-refractivity contribution is -0.124. The number of aromatic amines is 1. The third kappa shape index (κ3) is 4.69. The first-order valence-corrected chi connectivity index (χ1v) is 12.8. The van der Waals surface area contributed by atoms with E-state index in [0.29, 0.717) is 24.6 Å². The summed E-state index contributed by atoms with van der Waals surface area (Å²) in [6, 6.07) is 15.8. The van der Waals surface area contributed by atoms with Crippen molar-refractivity contribution in [2.24, 2.45) is 0 Å². The van der Waals surface area contributed by atoms with Crippen LogP contribution in [0.2, 0.25) is 0 Å². The number of amides is 1. The molecule has 0 aliphatic heterocycles. The van der Waals surface area contributed by atoms with E-state index in [2.05, 4.69) is 32.5 Å². The van der Waals surface area contributed by atoms with Gasteiger partial charge in [0.1, 0.15) is 17.2 Å². The lowest BCUT2D eigenvalue weighted by Gasteiger charge is -2.20. The van der Waals surface area contributed by atoms with Gasteiger partial charge in [0.2, 0.25) is 17.4 Å². The van der Waals surface area contributed by atoms with E-state index in [4.69, 9.17) is 0 Å². The molecule has 0 saturated carbocycles. The fourth-order valence-corrected chi connectivity index (χ4v) is 4.82. The third-order valence-electron chi connectivity index (χ3n) is 6.91. The number of imidazole rings is 1. The van der Waals surface area contributed by atoms with Gasteiger partial charge in [-0.15, -0.1) is 10.2 Å². The second-order valence-electron chi connectivity index (χ2n) is 9.75. The van der Waals surface area contributed by atoms with Crippen molar-refractivity contribution < 1.29 is 14.4 Å². The summed E-state index contributed by atoms with van der Waals surface area (Å²) in [7, 11) is 3.14. The molecule has 1 aliphatic carbocycles.